The first-order chi connectivity index (χ1) is 15.1. The first kappa shape index (κ1) is 20.4. The minimum atomic E-state index is -0.375. The fraction of sp³-hybridized carbons (Fsp3) is 0.167. The molecule has 2 aromatic heterocycles. The maximum Gasteiger partial charge on any atom is 0.275 e. The molecule has 0 aliphatic rings. The number of carbonyl (C=O) groups excluding carboxylic acids is 1. The maximum atomic E-state index is 13.3. The number of hydrogen-bond donors (Lipinski definition) is 0. The molecule has 6 nitrogen and oxygen atoms in total. The van der Waals surface area contributed by atoms with E-state index in [9.17, 15) is 14.0 Å². The molecule has 7 heteroatoms. The Hall–Kier alpha value is -3.87. The zero-order valence-corrected chi connectivity index (χ0v) is 17.0. The number of halogens is 1. The molecule has 1 amide bonds. The topological polar surface area (TPSA) is 68.1 Å². The molecule has 0 spiro atoms. The van der Waals surface area contributed by atoms with E-state index >= 15 is 0 Å². The fourth-order valence-corrected chi connectivity index (χ4v) is 3.58. The molecular formula is C24H21FN4O2. The van der Waals surface area contributed by atoms with Gasteiger partial charge in [0.15, 0.2) is 0 Å². The number of likely N-dealkylation sites (N-methyl/N-ethyl adjacent to an activating group) is 1. The Morgan fingerprint density at radius 2 is 1.77 bits per heavy atom. The summed E-state index contributed by atoms with van der Waals surface area (Å²) in [5, 5.41) is 5.79. The molecule has 0 unspecified atom stereocenters. The Bertz CT molecular complexity index is 1270. The fourth-order valence-electron chi connectivity index (χ4n) is 3.58. The van der Waals surface area contributed by atoms with Crippen LogP contribution < -0.4 is 10.5 Å². The van der Waals surface area contributed by atoms with Crippen LogP contribution in [0.15, 0.2) is 77.9 Å². The predicted molar refractivity (Wildman–Crippen MR) is 117 cm³/mol. The molecule has 2 heterocycles. The minimum Gasteiger partial charge on any atom is -0.311 e. The van der Waals surface area contributed by atoms with E-state index in [0.717, 1.165) is 10.9 Å². The Balaban J connectivity index is 1.71. The van der Waals surface area contributed by atoms with Gasteiger partial charge in [0, 0.05) is 36.4 Å². The highest BCUT2D eigenvalue weighted by molar-refractivity contribution is 5.93. The van der Waals surface area contributed by atoms with Crippen molar-refractivity contribution in [2.75, 3.05) is 11.4 Å². The van der Waals surface area contributed by atoms with Gasteiger partial charge < -0.3 is 4.90 Å². The third-order valence-electron chi connectivity index (χ3n) is 5.08. The summed E-state index contributed by atoms with van der Waals surface area (Å²) in [6, 6.07) is 16.7. The summed E-state index contributed by atoms with van der Waals surface area (Å²) >= 11 is 0. The van der Waals surface area contributed by atoms with Crippen molar-refractivity contribution in [1.82, 2.24) is 14.8 Å². The molecular weight excluding hydrogens is 395 g/mol. The Morgan fingerprint density at radius 1 is 1.03 bits per heavy atom. The van der Waals surface area contributed by atoms with Crippen LogP contribution in [0.5, 0.6) is 0 Å². The van der Waals surface area contributed by atoms with Crippen molar-refractivity contribution in [3.05, 3.63) is 100 Å². The largest absolute Gasteiger partial charge is 0.311 e. The number of hydrogen-bond acceptors (Lipinski definition) is 4. The van der Waals surface area contributed by atoms with Crippen LogP contribution in [0.1, 0.15) is 18.2 Å². The van der Waals surface area contributed by atoms with Crippen LogP contribution in [0, 0.1) is 5.82 Å². The van der Waals surface area contributed by atoms with Gasteiger partial charge in [-0.05, 0) is 48.9 Å². The van der Waals surface area contributed by atoms with Crippen molar-refractivity contribution in [3.63, 3.8) is 0 Å². The summed E-state index contributed by atoms with van der Waals surface area (Å²) in [5.74, 6) is -0.675. The van der Waals surface area contributed by atoms with E-state index < -0.39 is 0 Å². The molecule has 0 N–H and O–H groups in total. The van der Waals surface area contributed by atoms with Crippen LogP contribution in [0.4, 0.5) is 10.1 Å². The maximum absolute atomic E-state index is 13.3. The molecule has 0 bridgehead atoms. The first-order valence-electron chi connectivity index (χ1n) is 10.0. The highest BCUT2D eigenvalue weighted by Gasteiger charge is 2.18. The van der Waals surface area contributed by atoms with Crippen LogP contribution in [-0.4, -0.2) is 27.2 Å². The van der Waals surface area contributed by atoms with Gasteiger partial charge in [-0.3, -0.25) is 14.6 Å². The normalized spacial score (nSPS) is 10.9. The number of carbonyl (C=O) groups is 1. The minimum absolute atomic E-state index is 0.213. The monoisotopic (exact) mass is 416 g/mol. The third-order valence-corrected chi connectivity index (χ3v) is 5.08. The van der Waals surface area contributed by atoms with E-state index in [-0.39, 0.29) is 23.8 Å². The second-order valence-electron chi connectivity index (χ2n) is 7.11. The second kappa shape index (κ2) is 8.87. The van der Waals surface area contributed by atoms with E-state index in [1.54, 1.807) is 36.7 Å². The standard InChI is InChI=1S/C24H21FN4O2/c1-2-28(19-11-9-18(25)10-12-19)23(30)16-29-24(31)21-8-4-3-7-20(21)22(27-29)14-17-6-5-13-26-15-17/h3-13,15H,2,14,16H2,1H3. The lowest BCUT2D eigenvalue weighted by Gasteiger charge is -2.21. The van der Waals surface area contributed by atoms with E-state index in [2.05, 4.69) is 10.1 Å². The van der Waals surface area contributed by atoms with E-state index in [1.807, 2.05) is 31.2 Å². The number of anilines is 1. The number of aromatic nitrogens is 3. The zero-order chi connectivity index (χ0) is 21.8. The average molecular weight is 416 g/mol. The molecule has 156 valence electrons. The van der Waals surface area contributed by atoms with Crippen LogP contribution in [0.2, 0.25) is 0 Å². The van der Waals surface area contributed by atoms with Crippen molar-refractivity contribution in [2.24, 2.45) is 0 Å². The summed E-state index contributed by atoms with van der Waals surface area (Å²) in [5.41, 5.74) is 1.89. The summed E-state index contributed by atoms with van der Waals surface area (Å²) in [7, 11) is 0. The Labute approximate surface area is 178 Å². The third kappa shape index (κ3) is 4.35. The Morgan fingerprint density at radius 3 is 2.45 bits per heavy atom. The molecule has 0 radical (unpaired) electrons. The summed E-state index contributed by atoms with van der Waals surface area (Å²) < 4.78 is 14.5. The van der Waals surface area contributed by atoms with Gasteiger partial charge in [-0.15, -0.1) is 0 Å². The van der Waals surface area contributed by atoms with Crippen molar-refractivity contribution in [1.29, 1.82) is 0 Å². The van der Waals surface area contributed by atoms with E-state index in [4.69, 9.17) is 0 Å². The lowest BCUT2D eigenvalue weighted by molar-refractivity contribution is -0.119. The second-order valence-corrected chi connectivity index (χ2v) is 7.11. The van der Waals surface area contributed by atoms with Gasteiger partial charge in [-0.25, -0.2) is 9.07 Å². The zero-order valence-electron chi connectivity index (χ0n) is 17.0. The molecule has 4 rings (SSSR count). The molecule has 0 aliphatic carbocycles. The Kier molecular flexibility index (Phi) is 5.84. The van der Waals surface area contributed by atoms with Gasteiger partial charge in [0.05, 0.1) is 11.1 Å². The summed E-state index contributed by atoms with van der Waals surface area (Å²) in [4.78, 5) is 31.7. The van der Waals surface area contributed by atoms with Crippen LogP contribution >= 0.6 is 0 Å². The van der Waals surface area contributed by atoms with Crippen molar-refractivity contribution < 1.29 is 9.18 Å². The average Bonchev–Trinajstić information content (AvgIpc) is 2.79. The number of fused-ring (bicyclic) bond motifs is 1. The van der Waals surface area contributed by atoms with Crippen molar-refractivity contribution in [3.8, 4) is 0 Å². The van der Waals surface area contributed by atoms with Gasteiger partial charge in [0.2, 0.25) is 5.91 Å². The molecule has 31 heavy (non-hydrogen) atoms. The predicted octanol–water partition coefficient (Wildman–Crippen LogP) is 3.57. The molecule has 2 aromatic carbocycles. The molecule has 0 aliphatic heterocycles. The lowest BCUT2D eigenvalue weighted by Crippen LogP contribution is -2.37. The van der Waals surface area contributed by atoms with E-state index in [1.165, 1.54) is 21.7 Å². The van der Waals surface area contributed by atoms with Crippen LogP contribution in [0.25, 0.3) is 10.8 Å². The van der Waals surface area contributed by atoms with Gasteiger partial charge >= 0.3 is 0 Å². The van der Waals surface area contributed by atoms with Crippen molar-refractivity contribution in [2.45, 2.75) is 19.9 Å². The first-order valence-corrected chi connectivity index (χ1v) is 10.0. The molecule has 4 aromatic rings. The van der Waals surface area contributed by atoms with Gasteiger partial charge in [0.1, 0.15) is 12.4 Å². The molecule has 0 saturated carbocycles. The molecule has 0 fully saturated rings. The van der Waals surface area contributed by atoms with Gasteiger partial charge in [0.25, 0.3) is 5.56 Å². The number of rotatable bonds is 6. The highest BCUT2D eigenvalue weighted by atomic mass is 19.1. The molecule has 0 saturated heterocycles. The smallest absolute Gasteiger partial charge is 0.275 e. The van der Waals surface area contributed by atoms with Crippen LogP contribution in [0.3, 0.4) is 0 Å². The van der Waals surface area contributed by atoms with Crippen molar-refractivity contribution >= 4 is 22.4 Å². The number of pyridine rings is 1. The van der Waals surface area contributed by atoms with E-state index in [0.29, 0.717) is 29.7 Å². The quantitative estimate of drug-likeness (QED) is 0.482. The van der Waals surface area contributed by atoms with Gasteiger partial charge in [-0.2, -0.15) is 5.10 Å². The summed E-state index contributed by atoms with van der Waals surface area (Å²) in [6.07, 6.45) is 3.94. The number of nitrogens with zero attached hydrogens (tertiary/aromatic N) is 4. The number of benzene rings is 2. The highest BCUT2D eigenvalue weighted by Crippen LogP contribution is 2.18. The lowest BCUT2D eigenvalue weighted by atomic mass is 10.1. The summed E-state index contributed by atoms with van der Waals surface area (Å²) in [6.45, 7) is 2.00. The number of amides is 1. The molecule has 0 atom stereocenters. The van der Waals surface area contributed by atoms with Gasteiger partial charge in [-0.1, -0.05) is 24.3 Å². The SMILES string of the molecule is CCN(C(=O)Cn1nc(Cc2cccnc2)c2ccccc2c1=O)c1ccc(F)cc1. The van der Waals surface area contributed by atoms with Crippen LogP contribution in [-0.2, 0) is 17.8 Å².